The Morgan fingerprint density at radius 1 is 0.362 bits per heavy atom. The van der Waals surface area contributed by atoms with Gasteiger partial charge in [0.05, 0.1) is 0 Å². The molecule has 0 amide bonds. The molecule has 4 heterocycles. The summed E-state index contributed by atoms with van der Waals surface area (Å²) in [6, 6.07) is 35.2. The van der Waals surface area contributed by atoms with Gasteiger partial charge in [-0.05, 0) is 48.5 Å². The number of hydrogen-bond donors (Lipinski definition) is 4. The molecule has 4 aromatic carbocycles. The minimum absolute atomic E-state index is 0. The summed E-state index contributed by atoms with van der Waals surface area (Å²) < 4.78 is 6.60. The van der Waals surface area contributed by atoms with Crippen LogP contribution in [0.25, 0.3) is 43.6 Å². The van der Waals surface area contributed by atoms with Crippen LogP contribution in [0.4, 0.5) is 0 Å². The van der Waals surface area contributed by atoms with Gasteiger partial charge in [-0.15, -0.1) is 0 Å². The van der Waals surface area contributed by atoms with E-state index in [9.17, 15) is 29.4 Å². The summed E-state index contributed by atoms with van der Waals surface area (Å²) in [5, 5.41) is 39.6. The summed E-state index contributed by atoms with van der Waals surface area (Å²) in [6.07, 6.45) is 6.69. The Labute approximate surface area is 385 Å². The average Bonchev–Trinajstić information content (AvgIpc) is 4.03. The van der Waals surface area contributed by atoms with Crippen molar-refractivity contribution in [2.24, 2.45) is 0 Å². The molecule has 12 nitrogen and oxygen atoms in total. The van der Waals surface area contributed by atoms with Crippen molar-refractivity contribution in [3.05, 3.63) is 174 Å². The van der Waals surface area contributed by atoms with Gasteiger partial charge in [0.25, 0.3) is 23.9 Å². The van der Waals surface area contributed by atoms with E-state index in [0.717, 1.165) is 43.6 Å². The van der Waals surface area contributed by atoms with E-state index >= 15 is 0 Å². The zero-order valence-electron chi connectivity index (χ0n) is 31.4. The van der Waals surface area contributed by atoms with E-state index in [1.54, 1.807) is 58.2 Å². The molecule has 4 atom stereocenters. The summed E-state index contributed by atoms with van der Waals surface area (Å²) in [5.41, 5.74) is 3.62. The molecule has 0 unspecified atom stereocenters. The number of para-hydroxylation sites is 4. The first-order valence-electron chi connectivity index (χ1n) is 17.3. The zero-order valence-corrected chi connectivity index (χ0v) is 37.0. The Bertz CT molecular complexity index is 2310. The zero-order chi connectivity index (χ0) is 40.5. The number of carboxylic acids is 4. The molecule has 0 saturated carbocycles. The predicted molar refractivity (Wildman–Crippen MR) is 216 cm³/mol. The first-order valence-corrected chi connectivity index (χ1v) is 17.3. The molecule has 8 aromatic rings. The Morgan fingerprint density at radius 2 is 0.569 bits per heavy atom. The number of aromatic nitrogens is 4. The van der Waals surface area contributed by atoms with E-state index in [4.69, 9.17) is 10.2 Å². The molecule has 58 heavy (non-hydrogen) atoms. The molecular formula is C44H40N4O8Y2-4. The molecular weight excluding hydrogens is 890 g/mol. The van der Waals surface area contributed by atoms with Gasteiger partial charge >= 0.3 is 0 Å². The summed E-state index contributed by atoms with van der Waals surface area (Å²) in [7, 11) is 0. The van der Waals surface area contributed by atoms with Crippen LogP contribution in [0.1, 0.15) is 24.2 Å². The average molecular weight is 931 g/mol. The Morgan fingerprint density at radius 3 is 0.776 bits per heavy atom. The second kappa shape index (κ2) is 21.8. The van der Waals surface area contributed by atoms with Crippen molar-refractivity contribution in [1.82, 2.24) is 18.3 Å². The maximum Gasteiger partial charge on any atom is 0.295 e. The van der Waals surface area contributed by atoms with Crippen LogP contribution in [0.5, 0.6) is 0 Å². The monoisotopic (exact) mass is 930 g/mol. The van der Waals surface area contributed by atoms with Crippen LogP contribution >= 0.6 is 0 Å². The molecule has 8 rings (SSSR count). The molecule has 4 aromatic heterocycles. The summed E-state index contributed by atoms with van der Waals surface area (Å²) in [5.74, 6) is -3.70. The van der Waals surface area contributed by atoms with Gasteiger partial charge in [0, 0.05) is 158 Å². The molecule has 0 bridgehead atoms. The van der Waals surface area contributed by atoms with E-state index in [2.05, 4.69) is 27.7 Å². The maximum atomic E-state index is 11.2. The molecule has 2 radical (unpaired) electrons. The fourth-order valence-electron chi connectivity index (χ4n) is 6.16. The van der Waals surface area contributed by atoms with Gasteiger partial charge in [0.15, 0.2) is 0 Å². The SMILES string of the molecule is [CH2-][C@@H](C(=O)O)n1c2ccccc2c2ccccc21.[CH2-][C@@H](C(=O)O)n1c2ccccc2c2ccccc21.[CH2-][C@H](C(=O)O)n1cccc1.[CH2-][C@H](C(=O)O)n1cccc1.[Y].[Y]. The topological polar surface area (TPSA) is 169 Å². The van der Waals surface area contributed by atoms with Crippen molar-refractivity contribution in [1.29, 1.82) is 0 Å². The largest absolute Gasteiger partial charge is 0.482 e. The van der Waals surface area contributed by atoms with Crippen molar-refractivity contribution < 1.29 is 105 Å². The van der Waals surface area contributed by atoms with E-state index in [1.165, 1.54) is 9.13 Å². The molecule has 0 saturated heterocycles. The number of carboxylic acid groups (broad SMARTS) is 4. The molecule has 294 valence electrons. The van der Waals surface area contributed by atoms with Crippen LogP contribution in [0, 0.1) is 27.7 Å². The van der Waals surface area contributed by atoms with Crippen LogP contribution in [0.15, 0.2) is 146 Å². The number of carbonyl (C=O) groups is 4. The molecule has 0 aliphatic carbocycles. The first kappa shape index (κ1) is 47.5. The van der Waals surface area contributed by atoms with Gasteiger partial charge in [-0.3, -0.25) is 19.2 Å². The van der Waals surface area contributed by atoms with Gasteiger partial charge in [-0.25, -0.2) is 0 Å². The first-order chi connectivity index (χ1) is 26.8. The van der Waals surface area contributed by atoms with Crippen molar-refractivity contribution in [2.45, 2.75) is 24.2 Å². The molecule has 0 spiro atoms. The Kier molecular flexibility index (Phi) is 17.8. The third-order valence-corrected chi connectivity index (χ3v) is 8.97. The van der Waals surface area contributed by atoms with Crippen molar-refractivity contribution >= 4 is 67.5 Å². The number of rotatable bonds is 8. The maximum absolute atomic E-state index is 11.2. The Balaban J connectivity index is 0.000000212. The molecule has 4 N–H and O–H groups in total. The fraction of sp³-hybridized carbons (Fsp3) is 0.0909. The van der Waals surface area contributed by atoms with Crippen molar-refractivity contribution in [3.63, 3.8) is 0 Å². The second-order valence-electron chi connectivity index (χ2n) is 12.5. The number of benzene rings is 4. The van der Waals surface area contributed by atoms with Crippen molar-refractivity contribution in [3.8, 4) is 0 Å². The minimum Gasteiger partial charge on any atom is -0.482 e. The fourth-order valence-corrected chi connectivity index (χ4v) is 6.16. The molecule has 0 fully saturated rings. The van der Waals surface area contributed by atoms with Crippen LogP contribution in [0.3, 0.4) is 0 Å². The van der Waals surface area contributed by atoms with Crippen LogP contribution in [0.2, 0.25) is 0 Å². The van der Waals surface area contributed by atoms with E-state index in [0.29, 0.717) is 0 Å². The quantitative estimate of drug-likeness (QED) is 0.110. The van der Waals surface area contributed by atoms with Gasteiger partial charge in [-0.1, -0.05) is 72.8 Å². The number of nitrogens with zero attached hydrogens (tertiary/aromatic N) is 4. The molecule has 14 heteroatoms. The second-order valence-corrected chi connectivity index (χ2v) is 12.5. The summed E-state index contributed by atoms with van der Waals surface area (Å²) in [4.78, 5) is 43.0. The number of fused-ring (bicyclic) bond motifs is 6. The van der Waals surface area contributed by atoms with Crippen molar-refractivity contribution in [2.75, 3.05) is 0 Å². The summed E-state index contributed by atoms with van der Waals surface area (Å²) in [6.45, 7) is 14.4. The molecule has 0 aliphatic rings. The van der Waals surface area contributed by atoms with Gasteiger partial charge in [-0.2, -0.15) is 0 Å². The van der Waals surface area contributed by atoms with Gasteiger partial charge in [0.1, 0.15) is 0 Å². The van der Waals surface area contributed by atoms with E-state index in [-0.39, 0.29) is 65.4 Å². The van der Waals surface area contributed by atoms with E-state index < -0.39 is 48.0 Å². The smallest absolute Gasteiger partial charge is 0.295 e. The van der Waals surface area contributed by atoms with Crippen LogP contribution in [-0.4, -0.2) is 62.6 Å². The standard InChI is InChI=1S/2C15H12NO2.2C7H8NO2.2Y/c2*1-10(15(17)18)16-13-8-4-2-6-11(13)12-7-3-5-9-14(12)16;2*1-6(7(9)10)8-4-2-3-5-8;;/h2*2-10H,1H2,(H,17,18);2*2-6H,1H2,(H,9,10);;/q4*-1;;/t2*10-;2*6-;;/m0011../s1. The van der Waals surface area contributed by atoms with E-state index in [1.807, 2.05) is 97.1 Å². The molecule has 0 aliphatic heterocycles. The van der Waals surface area contributed by atoms with Gasteiger partial charge in [0.2, 0.25) is 0 Å². The third-order valence-electron chi connectivity index (χ3n) is 8.97. The number of hydrogen-bond acceptors (Lipinski definition) is 4. The summed E-state index contributed by atoms with van der Waals surface area (Å²) >= 11 is 0. The normalized spacial score (nSPS) is 12.5. The Hall–Kier alpha value is -4.87. The third kappa shape index (κ3) is 10.8. The van der Waals surface area contributed by atoms with Crippen LogP contribution in [-0.2, 0) is 84.6 Å². The predicted octanol–water partition coefficient (Wildman–Crippen LogP) is 8.40. The van der Waals surface area contributed by atoms with Crippen LogP contribution < -0.4 is 0 Å². The number of aliphatic carboxylic acids is 4. The minimum atomic E-state index is -0.929. The van der Waals surface area contributed by atoms with Gasteiger partial charge < -0.3 is 66.4 Å².